The Balaban J connectivity index is 1.14. The molecule has 0 bridgehead atoms. The third-order valence-corrected chi connectivity index (χ3v) is 7.84. The van der Waals surface area contributed by atoms with Gasteiger partial charge in [0.25, 0.3) is 0 Å². The van der Waals surface area contributed by atoms with Crippen LogP contribution in [0, 0.1) is 6.92 Å². The van der Waals surface area contributed by atoms with Gasteiger partial charge in [-0.1, -0.05) is 11.6 Å². The zero-order valence-electron chi connectivity index (χ0n) is 21.3. The van der Waals surface area contributed by atoms with Gasteiger partial charge in [-0.15, -0.1) is 0 Å². The Morgan fingerprint density at radius 1 is 1.18 bits per heavy atom. The van der Waals surface area contributed by atoms with E-state index in [1.165, 1.54) is 6.92 Å². The summed E-state index contributed by atoms with van der Waals surface area (Å²) in [6, 6.07) is 9.23. The normalized spacial score (nSPS) is 18.8. The number of likely N-dealkylation sites (tertiary alicyclic amines) is 2. The average molecular weight is 545 g/mol. The molecule has 5 heterocycles. The zero-order chi connectivity index (χ0) is 26.9. The van der Waals surface area contributed by atoms with Crippen molar-refractivity contribution in [2.75, 3.05) is 19.6 Å². The van der Waals surface area contributed by atoms with E-state index in [-0.39, 0.29) is 12.1 Å². The second kappa shape index (κ2) is 8.73. The highest BCUT2D eigenvalue weighted by Gasteiger charge is 2.53. The largest absolute Gasteiger partial charge is 0.456 e. The second-order valence-corrected chi connectivity index (χ2v) is 10.5. The predicted octanol–water partition coefficient (Wildman–Crippen LogP) is 3.88. The minimum Gasteiger partial charge on any atom is -0.456 e. The summed E-state index contributed by atoms with van der Waals surface area (Å²) < 4.78 is 7.93. The fourth-order valence-corrected chi connectivity index (χ4v) is 5.53. The van der Waals surface area contributed by atoms with Gasteiger partial charge in [-0.3, -0.25) is 19.4 Å². The Morgan fingerprint density at radius 3 is 2.77 bits per heavy atom. The fraction of sp³-hybridized carbons (Fsp3) is 0.296. The van der Waals surface area contributed by atoms with Crippen LogP contribution in [0.5, 0.6) is 11.5 Å². The fourth-order valence-electron chi connectivity index (χ4n) is 5.29. The van der Waals surface area contributed by atoms with Crippen molar-refractivity contribution in [2.45, 2.75) is 32.2 Å². The van der Waals surface area contributed by atoms with Gasteiger partial charge in [0.05, 0.1) is 47.7 Å². The molecule has 3 aromatic heterocycles. The molecule has 0 spiro atoms. The second-order valence-electron chi connectivity index (χ2n) is 10.1. The maximum atomic E-state index is 11.6. The van der Waals surface area contributed by atoms with E-state index in [1.807, 2.05) is 47.0 Å². The van der Waals surface area contributed by atoms with E-state index in [2.05, 4.69) is 20.1 Å². The number of aryl methyl sites for hydroxylation is 1. The number of benzene rings is 2. The topological polar surface area (TPSA) is 125 Å². The minimum absolute atomic E-state index is 0.0332. The minimum atomic E-state index is -1.02. The number of nitrogens with one attached hydrogen (secondary N) is 1. The molecule has 0 aliphatic carbocycles. The van der Waals surface area contributed by atoms with Crippen LogP contribution in [0.3, 0.4) is 0 Å². The van der Waals surface area contributed by atoms with Crippen LogP contribution in [0.15, 0.2) is 48.9 Å². The number of nitrogens with zero attached hydrogens (tertiary/aromatic N) is 7. The smallest absolute Gasteiger partial charge is 0.219 e. The van der Waals surface area contributed by atoms with E-state index in [9.17, 15) is 9.90 Å². The SMILES string of the molecule is CC(=O)N1CC(O)(N2CCC2n2cc(-c3cnc4ccc(Oc5ccc6nc(C)[nH]c6c5)c(Cl)c4n3)cn2)C1. The maximum absolute atomic E-state index is 11.6. The molecule has 198 valence electrons. The molecule has 2 N–H and O–H groups in total. The van der Waals surface area contributed by atoms with E-state index in [4.69, 9.17) is 21.3 Å². The van der Waals surface area contributed by atoms with E-state index in [0.717, 1.165) is 35.4 Å². The first kappa shape index (κ1) is 24.0. The molecule has 12 heteroatoms. The summed E-state index contributed by atoms with van der Waals surface area (Å²) >= 11 is 6.76. The number of imidazole rings is 1. The molecule has 2 aliphatic rings. The number of hydrogen-bond acceptors (Lipinski definition) is 8. The number of carbonyl (C=O) groups is 1. The summed E-state index contributed by atoms with van der Waals surface area (Å²) in [4.78, 5) is 32.2. The van der Waals surface area contributed by atoms with Gasteiger partial charge in [0.15, 0.2) is 5.72 Å². The Bertz CT molecular complexity index is 1760. The number of H-pyrrole nitrogens is 1. The monoisotopic (exact) mass is 544 g/mol. The number of carbonyl (C=O) groups excluding carboxylic acids is 1. The quantitative estimate of drug-likeness (QED) is 0.341. The van der Waals surface area contributed by atoms with Crippen LogP contribution in [-0.4, -0.2) is 75.9 Å². The Kier molecular flexibility index (Phi) is 5.38. The summed E-state index contributed by atoms with van der Waals surface area (Å²) in [5.41, 5.74) is 3.31. The molecule has 1 unspecified atom stereocenters. The van der Waals surface area contributed by atoms with Crippen molar-refractivity contribution in [3.05, 3.63) is 59.8 Å². The molecule has 39 heavy (non-hydrogen) atoms. The van der Waals surface area contributed by atoms with Gasteiger partial charge in [-0.25, -0.2) is 9.97 Å². The number of aromatic nitrogens is 6. The lowest BCUT2D eigenvalue weighted by atomic mass is 9.96. The van der Waals surface area contributed by atoms with Crippen molar-refractivity contribution in [1.29, 1.82) is 0 Å². The van der Waals surface area contributed by atoms with Crippen molar-refractivity contribution in [3.8, 4) is 22.8 Å². The van der Waals surface area contributed by atoms with Crippen molar-refractivity contribution in [3.63, 3.8) is 0 Å². The van der Waals surface area contributed by atoms with Crippen molar-refractivity contribution < 1.29 is 14.6 Å². The molecule has 2 aromatic carbocycles. The summed E-state index contributed by atoms with van der Waals surface area (Å²) in [6.45, 7) is 4.77. The van der Waals surface area contributed by atoms with E-state index < -0.39 is 5.72 Å². The van der Waals surface area contributed by atoms with Crippen LogP contribution in [0.2, 0.25) is 5.02 Å². The molecule has 5 aromatic rings. The van der Waals surface area contributed by atoms with Crippen LogP contribution >= 0.6 is 11.6 Å². The van der Waals surface area contributed by atoms with Gasteiger partial charge in [0, 0.05) is 31.3 Å². The van der Waals surface area contributed by atoms with Gasteiger partial charge in [0.1, 0.15) is 34.0 Å². The lowest BCUT2D eigenvalue weighted by Crippen LogP contribution is -2.74. The number of aromatic amines is 1. The summed E-state index contributed by atoms with van der Waals surface area (Å²) in [7, 11) is 0. The van der Waals surface area contributed by atoms with Crippen LogP contribution < -0.4 is 4.74 Å². The molecular weight excluding hydrogens is 520 g/mol. The predicted molar refractivity (Wildman–Crippen MR) is 144 cm³/mol. The molecule has 11 nitrogen and oxygen atoms in total. The van der Waals surface area contributed by atoms with Gasteiger partial charge >= 0.3 is 0 Å². The molecule has 7 rings (SSSR count). The van der Waals surface area contributed by atoms with Crippen LogP contribution in [-0.2, 0) is 4.79 Å². The van der Waals surface area contributed by atoms with Crippen molar-refractivity contribution >= 4 is 39.6 Å². The number of rotatable bonds is 5. The molecule has 2 aliphatic heterocycles. The molecule has 2 saturated heterocycles. The molecule has 0 saturated carbocycles. The first-order chi connectivity index (χ1) is 18.8. The van der Waals surface area contributed by atoms with Gasteiger partial charge < -0.3 is 19.7 Å². The number of hydrogen-bond donors (Lipinski definition) is 2. The molecule has 0 radical (unpaired) electrons. The van der Waals surface area contributed by atoms with Crippen molar-refractivity contribution in [2.24, 2.45) is 0 Å². The lowest BCUT2D eigenvalue weighted by Gasteiger charge is -2.58. The maximum Gasteiger partial charge on any atom is 0.219 e. The number of halogens is 1. The first-order valence-corrected chi connectivity index (χ1v) is 13.0. The Morgan fingerprint density at radius 2 is 2.00 bits per heavy atom. The van der Waals surface area contributed by atoms with E-state index >= 15 is 0 Å². The summed E-state index contributed by atoms with van der Waals surface area (Å²) in [6.07, 6.45) is 6.08. The van der Waals surface area contributed by atoms with Gasteiger partial charge in [-0.05, 0) is 37.6 Å². The van der Waals surface area contributed by atoms with Crippen molar-refractivity contribution in [1.82, 2.24) is 39.5 Å². The third-order valence-electron chi connectivity index (χ3n) is 7.48. The third kappa shape index (κ3) is 4.01. The summed E-state index contributed by atoms with van der Waals surface area (Å²) in [5.74, 6) is 1.90. The zero-order valence-corrected chi connectivity index (χ0v) is 22.1. The standard InChI is InChI=1S/C27H25ClN8O3/c1-15-31-19-4-3-18(9-21(19)32-15)39-23-6-5-20-26(25(23)28)33-22(11-29-20)17-10-30-36(12-17)24-7-8-35(24)27(38)13-34(14-27)16(2)37/h3-6,9-12,24,38H,7-8,13-14H2,1-2H3,(H,31,32). The number of β-amino-alcohol motifs (C(OH)–C–C–N with tert-alkyl or cyclic N) is 1. The molecular formula is C27H25ClN8O3. The highest BCUT2D eigenvalue weighted by atomic mass is 35.5. The highest BCUT2D eigenvalue weighted by molar-refractivity contribution is 6.36. The van der Waals surface area contributed by atoms with Gasteiger partial charge in [-0.2, -0.15) is 5.10 Å². The summed E-state index contributed by atoms with van der Waals surface area (Å²) in [5, 5.41) is 15.9. The number of amides is 1. The molecule has 1 amide bonds. The van der Waals surface area contributed by atoms with E-state index in [0.29, 0.717) is 46.3 Å². The van der Waals surface area contributed by atoms with Gasteiger partial charge in [0.2, 0.25) is 5.91 Å². The Labute approximate surface area is 228 Å². The lowest BCUT2D eigenvalue weighted by molar-refractivity contribution is -0.248. The number of aliphatic hydroxyl groups is 1. The van der Waals surface area contributed by atoms with Crippen LogP contribution in [0.25, 0.3) is 33.3 Å². The van der Waals surface area contributed by atoms with Crippen LogP contribution in [0.4, 0.5) is 0 Å². The molecule has 2 fully saturated rings. The van der Waals surface area contributed by atoms with E-state index in [1.54, 1.807) is 23.4 Å². The first-order valence-electron chi connectivity index (χ1n) is 12.7. The highest BCUT2D eigenvalue weighted by Crippen LogP contribution is 2.40. The number of ether oxygens (including phenoxy) is 1. The number of fused-ring (bicyclic) bond motifs is 2. The van der Waals surface area contributed by atoms with Crippen LogP contribution in [0.1, 0.15) is 25.3 Å². The average Bonchev–Trinajstić information content (AvgIpc) is 3.49. The Hall–Kier alpha value is -4.06. The molecule has 1 atom stereocenters.